The monoisotopic (exact) mass is 438 g/mol. The zero-order valence-corrected chi connectivity index (χ0v) is 18.2. The maximum atomic E-state index is 13.2. The highest BCUT2D eigenvalue weighted by molar-refractivity contribution is 6.06. The van der Waals surface area contributed by atoms with E-state index in [4.69, 9.17) is 4.98 Å². The minimum Gasteiger partial charge on any atom is -0.348 e. The summed E-state index contributed by atoms with van der Waals surface area (Å²) < 4.78 is 1.84. The fourth-order valence-corrected chi connectivity index (χ4v) is 3.67. The highest BCUT2D eigenvalue weighted by Gasteiger charge is 2.18. The van der Waals surface area contributed by atoms with E-state index in [2.05, 4.69) is 31.0 Å². The van der Waals surface area contributed by atoms with Crippen LogP contribution in [0.1, 0.15) is 35.8 Å². The third-order valence-corrected chi connectivity index (χ3v) is 5.38. The zero-order chi connectivity index (χ0) is 22.8. The van der Waals surface area contributed by atoms with Gasteiger partial charge >= 0.3 is 0 Å². The number of H-pyrrole nitrogens is 1. The van der Waals surface area contributed by atoms with Crippen LogP contribution in [0.25, 0.3) is 33.7 Å². The smallest absolute Gasteiger partial charge is 0.252 e. The SMILES string of the molecule is CC(C)n1ncc2c(C(=O)NCc3ccc(-c4nn[nH]n4)cc3)cc(-c3ccccc3)nc21. The Morgan fingerprint density at radius 3 is 2.55 bits per heavy atom. The summed E-state index contributed by atoms with van der Waals surface area (Å²) in [5.41, 5.74) is 4.74. The van der Waals surface area contributed by atoms with Gasteiger partial charge in [-0.2, -0.15) is 10.3 Å². The summed E-state index contributed by atoms with van der Waals surface area (Å²) in [5, 5.41) is 22.2. The second kappa shape index (κ2) is 8.62. The van der Waals surface area contributed by atoms with E-state index in [-0.39, 0.29) is 11.9 Å². The molecular formula is C24H22N8O. The van der Waals surface area contributed by atoms with Gasteiger partial charge in [0.1, 0.15) is 0 Å². The van der Waals surface area contributed by atoms with Crippen molar-refractivity contribution in [2.75, 3.05) is 0 Å². The number of fused-ring (bicyclic) bond motifs is 1. The van der Waals surface area contributed by atoms with Crippen molar-refractivity contribution in [3.8, 4) is 22.6 Å². The molecule has 0 radical (unpaired) electrons. The first-order valence-corrected chi connectivity index (χ1v) is 10.6. The molecule has 0 bridgehead atoms. The van der Waals surface area contributed by atoms with Gasteiger partial charge in [-0.3, -0.25) is 4.79 Å². The molecule has 33 heavy (non-hydrogen) atoms. The number of nitrogens with one attached hydrogen (secondary N) is 2. The van der Waals surface area contributed by atoms with Crippen LogP contribution in [0, 0.1) is 0 Å². The molecule has 0 aliphatic heterocycles. The molecule has 0 atom stereocenters. The lowest BCUT2D eigenvalue weighted by Crippen LogP contribution is -2.23. The van der Waals surface area contributed by atoms with Crippen molar-refractivity contribution in [3.63, 3.8) is 0 Å². The van der Waals surface area contributed by atoms with Crippen LogP contribution in [-0.2, 0) is 6.54 Å². The maximum Gasteiger partial charge on any atom is 0.252 e. The number of hydrogen-bond donors (Lipinski definition) is 2. The van der Waals surface area contributed by atoms with Crippen LogP contribution < -0.4 is 5.32 Å². The molecule has 0 aliphatic rings. The summed E-state index contributed by atoms with van der Waals surface area (Å²) in [6, 6.07) is 19.5. The van der Waals surface area contributed by atoms with Crippen LogP contribution in [0.3, 0.4) is 0 Å². The molecule has 3 heterocycles. The van der Waals surface area contributed by atoms with Crippen LogP contribution in [-0.4, -0.2) is 41.3 Å². The first kappa shape index (κ1) is 20.5. The largest absolute Gasteiger partial charge is 0.348 e. The Hall–Kier alpha value is -4.40. The average Bonchev–Trinajstić information content (AvgIpc) is 3.53. The van der Waals surface area contributed by atoms with Crippen molar-refractivity contribution in [1.29, 1.82) is 0 Å². The number of tetrazole rings is 1. The van der Waals surface area contributed by atoms with E-state index < -0.39 is 0 Å². The third-order valence-electron chi connectivity index (χ3n) is 5.38. The Balaban J connectivity index is 1.44. The molecule has 5 aromatic rings. The molecular weight excluding hydrogens is 416 g/mol. The van der Waals surface area contributed by atoms with Gasteiger partial charge in [-0.15, -0.1) is 10.2 Å². The predicted molar refractivity (Wildman–Crippen MR) is 124 cm³/mol. The topological polar surface area (TPSA) is 114 Å². The number of pyridine rings is 1. The van der Waals surface area contributed by atoms with Gasteiger partial charge in [0.05, 0.1) is 22.8 Å². The number of nitrogens with zero attached hydrogens (tertiary/aromatic N) is 6. The maximum absolute atomic E-state index is 13.2. The quantitative estimate of drug-likeness (QED) is 0.417. The predicted octanol–water partition coefficient (Wildman–Crippen LogP) is 3.79. The lowest BCUT2D eigenvalue weighted by atomic mass is 10.1. The van der Waals surface area contributed by atoms with Gasteiger partial charge < -0.3 is 5.32 Å². The van der Waals surface area contributed by atoms with E-state index in [9.17, 15) is 4.79 Å². The van der Waals surface area contributed by atoms with Gasteiger partial charge in [0.15, 0.2) is 5.65 Å². The summed E-state index contributed by atoms with van der Waals surface area (Å²) in [6.45, 7) is 4.47. The van der Waals surface area contributed by atoms with Gasteiger partial charge in [-0.1, -0.05) is 54.6 Å². The summed E-state index contributed by atoms with van der Waals surface area (Å²) in [6.07, 6.45) is 1.71. The molecule has 2 N–H and O–H groups in total. The van der Waals surface area contributed by atoms with Crippen molar-refractivity contribution < 1.29 is 4.79 Å². The van der Waals surface area contributed by atoms with Crippen LogP contribution in [0.2, 0.25) is 0 Å². The van der Waals surface area contributed by atoms with E-state index in [1.807, 2.05) is 79.2 Å². The second-order valence-corrected chi connectivity index (χ2v) is 7.96. The third kappa shape index (κ3) is 4.08. The van der Waals surface area contributed by atoms with E-state index in [0.717, 1.165) is 27.8 Å². The van der Waals surface area contributed by atoms with Crippen LogP contribution in [0.4, 0.5) is 0 Å². The van der Waals surface area contributed by atoms with E-state index in [1.54, 1.807) is 6.20 Å². The second-order valence-electron chi connectivity index (χ2n) is 7.96. The molecule has 0 aliphatic carbocycles. The molecule has 0 fully saturated rings. The Labute approximate surface area is 189 Å². The number of amides is 1. The Morgan fingerprint density at radius 2 is 1.85 bits per heavy atom. The summed E-state index contributed by atoms with van der Waals surface area (Å²) in [4.78, 5) is 18.1. The summed E-state index contributed by atoms with van der Waals surface area (Å²) >= 11 is 0. The van der Waals surface area contributed by atoms with Gasteiger partial charge in [-0.25, -0.2) is 9.67 Å². The van der Waals surface area contributed by atoms with Crippen molar-refractivity contribution in [1.82, 2.24) is 40.7 Å². The normalized spacial score (nSPS) is 11.2. The molecule has 2 aromatic carbocycles. The molecule has 3 aromatic heterocycles. The number of carbonyl (C=O) groups is 1. The lowest BCUT2D eigenvalue weighted by molar-refractivity contribution is 0.0952. The molecule has 164 valence electrons. The van der Waals surface area contributed by atoms with E-state index in [1.165, 1.54) is 0 Å². The van der Waals surface area contributed by atoms with Gasteiger partial charge in [0.25, 0.3) is 5.91 Å². The number of aromatic amines is 1. The van der Waals surface area contributed by atoms with Gasteiger partial charge in [0, 0.05) is 23.7 Å². The Morgan fingerprint density at radius 1 is 1.06 bits per heavy atom. The summed E-state index contributed by atoms with van der Waals surface area (Å²) in [7, 11) is 0. The first-order valence-electron chi connectivity index (χ1n) is 10.6. The summed E-state index contributed by atoms with van der Waals surface area (Å²) in [5.74, 6) is 0.352. The van der Waals surface area contributed by atoms with Gasteiger partial charge in [0.2, 0.25) is 5.82 Å². The van der Waals surface area contributed by atoms with Crippen LogP contribution in [0.5, 0.6) is 0 Å². The average molecular weight is 438 g/mol. The van der Waals surface area contributed by atoms with E-state index in [0.29, 0.717) is 23.6 Å². The molecule has 0 unspecified atom stereocenters. The van der Waals surface area contributed by atoms with Crippen LogP contribution >= 0.6 is 0 Å². The van der Waals surface area contributed by atoms with E-state index >= 15 is 0 Å². The van der Waals surface area contributed by atoms with Gasteiger partial charge in [-0.05, 0) is 30.7 Å². The lowest BCUT2D eigenvalue weighted by Gasteiger charge is -2.11. The minimum atomic E-state index is -0.176. The minimum absolute atomic E-state index is 0.120. The fourth-order valence-electron chi connectivity index (χ4n) is 3.67. The standard InChI is InChI=1S/C24H22N8O/c1-15(2)32-23-20(14-26-32)19(12-21(27-23)17-6-4-3-5-7-17)24(33)25-13-16-8-10-18(11-9-16)22-28-30-31-29-22/h3-12,14-15H,13H2,1-2H3,(H,25,33)(H,28,29,30,31). The Bertz CT molecular complexity index is 1390. The Kier molecular flexibility index (Phi) is 5.35. The molecule has 5 rings (SSSR count). The van der Waals surface area contributed by atoms with Crippen molar-refractivity contribution in [3.05, 3.63) is 78.0 Å². The van der Waals surface area contributed by atoms with Crippen LogP contribution in [0.15, 0.2) is 66.9 Å². The number of benzene rings is 2. The molecule has 9 nitrogen and oxygen atoms in total. The first-order chi connectivity index (χ1) is 16.1. The number of aromatic nitrogens is 7. The molecule has 0 spiro atoms. The van der Waals surface area contributed by atoms with Crippen molar-refractivity contribution in [2.45, 2.75) is 26.4 Å². The number of rotatable bonds is 6. The zero-order valence-electron chi connectivity index (χ0n) is 18.2. The molecule has 9 heteroatoms. The molecule has 1 amide bonds. The number of carbonyl (C=O) groups excluding carboxylic acids is 1. The highest BCUT2D eigenvalue weighted by Crippen LogP contribution is 2.26. The number of hydrogen-bond acceptors (Lipinski definition) is 6. The van der Waals surface area contributed by atoms with Crippen molar-refractivity contribution >= 4 is 16.9 Å². The highest BCUT2D eigenvalue weighted by atomic mass is 16.1. The van der Waals surface area contributed by atoms with Crippen molar-refractivity contribution in [2.24, 2.45) is 0 Å². The molecule has 0 saturated heterocycles. The molecule has 0 saturated carbocycles. The fraction of sp³-hybridized carbons (Fsp3) is 0.167.